The largest absolute Gasteiger partial charge is 0.342 e. The molecule has 3 aliphatic heterocycles. The number of piperidine rings is 1. The second kappa shape index (κ2) is 10.2. The normalized spacial score (nSPS) is 23.8. The van der Waals surface area contributed by atoms with Gasteiger partial charge in [0.15, 0.2) is 0 Å². The number of carbonyl (C=O) groups is 2. The van der Waals surface area contributed by atoms with Crippen molar-refractivity contribution in [1.29, 1.82) is 0 Å². The van der Waals surface area contributed by atoms with Crippen molar-refractivity contribution in [2.45, 2.75) is 45.4 Å². The van der Waals surface area contributed by atoms with Crippen molar-refractivity contribution in [3.63, 3.8) is 0 Å². The lowest BCUT2D eigenvalue weighted by atomic mass is 9.96. The first-order chi connectivity index (χ1) is 13.9. The summed E-state index contributed by atoms with van der Waals surface area (Å²) in [4.78, 5) is 31.5. The molecule has 3 rings (SSSR count). The van der Waals surface area contributed by atoms with Gasteiger partial charge in [-0.3, -0.25) is 14.5 Å². The van der Waals surface area contributed by atoms with Crippen LogP contribution in [0.25, 0.3) is 0 Å². The van der Waals surface area contributed by atoms with E-state index in [-0.39, 0.29) is 23.5 Å². The van der Waals surface area contributed by atoms with Crippen molar-refractivity contribution in [2.75, 3.05) is 64.7 Å². The van der Waals surface area contributed by atoms with Gasteiger partial charge in [0.1, 0.15) is 0 Å². The zero-order valence-electron chi connectivity index (χ0n) is 17.7. The molecule has 0 aliphatic carbocycles. The van der Waals surface area contributed by atoms with Gasteiger partial charge in [-0.15, -0.1) is 0 Å². The van der Waals surface area contributed by atoms with Gasteiger partial charge in [-0.05, 0) is 32.6 Å². The highest BCUT2D eigenvalue weighted by molar-refractivity contribution is 7.89. The van der Waals surface area contributed by atoms with Gasteiger partial charge < -0.3 is 9.80 Å². The third kappa shape index (κ3) is 5.92. The lowest BCUT2D eigenvalue weighted by Gasteiger charge is -2.38. The Morgan fingerprint density at radius 3 is 1.93 bits per heavy atom. The predicted molar refractivity (Wildman–Crippen MR) is 112 cm³/mol. The minimum Gasteiger partial charge on any atom is -0.342 e. The van der Waals surface area contributed by atoms with Gasteiger partial charge >= 0.3 is 0 Å². The van der Waals surface area contributed by atoms with Crippen LogP contribution in [0.2, 0.25) is 0 Å². The molecule has 0 saturated carbocycles. The number of amides is 2. The number of sulfonamides is 1. The van der Waals surface area contributed by atoms with Crippen molar-refractivity contribution in [2.24, 2.45) is 5.92 Å². The van der Waals surface area contributed by atoms with Crippen molar-refractivity contribution < 1.29 is 18.0 Å². The average molecular weight is 429 g/mol. The number of rotatable bonds is 5. The van der Waals surface area contributed by atoms with Crippen LogP contribution in [0.15, 0.2) is 0 Å². The highest BCUT2D eigenvalue weighted by atomic mass is 32.2. The molecule has 0 atom stereocenters. The number of likely N-dealkylation sites (tertiary alicyclic amines) is 1. The molecule has 166 valence electrons. The molecule has 0 aromatic heterocycles. The fourth-order valence-electron chi connectivity index (χ4n) is 4.56. The molecule has 0 bridgehead atoms. The molecule has 29 heavy (non-hydrogen) atoms. The molecular weight excluding hydrogens is 392 g/mol. The van der Waals surface area contributed by atoms with Crippen LogP contribution >= 0.6 is 0 Å². The maximum Gasteiger partial charge on any atom is 0.236 e. The van der Waals surface area contributed by atoms with Gasteiger partial charge in [-0.1, -0.05) is 12.8 Å². The number of piperazine rings is 1. The van der Waals surface area contributed by atoms with E-state index in [1.165, 1.54) is 17.1 Å². The molecule has 0 aromatic carbocycles. The van der Waals surface area contributed by atoms with Crippen LogP contribution in [0.1, 0.15) is 45.4 Å². The Labute approximate surface area is 175 Å². The molecular formula is C20H36N4O4S. The second-order valence-electron chi connectivity index (χ2n) is 8.47. The molecule has 3 fully saturated rings. The van der Waals surface area contributed by atoms with Gasteiger partial charge in [0.2, 0.25) is 21.8 Å². The van der Waals surface area contributed by atoms with E-state index in [0.717, 1.165) is 39.0 Å². The van der Waals surface area contributed by atoms with Gasteiger partial charge in [0.05, 0.1) is 12.3 Å². The lowest BCUT2D eigenvalue weighted by Crippen LogP contribution is -2.53. The Morgan fingerprint density at radius 1 is 0.793 bits per heavy atom. The molecule has 3 aliphatic rings. The highest BCUT2D eigenvalue weighted by Gasteiger charge is 2.33. The van der Waals surface area contributed by atoms with E-state index in [2.05, 4.69) is 4.90 Å². The number of hydrogen-bond acceptors (Lipinski definition) is 5. The van der Waals surface area contributed by atoms with E-state index >= 15 is 0 Å². The van der Waals surface area contributed by atoms with Gasteiger partial charge in [-0.2, -0.15) is 0 Å². The van der Waals surface area contributed by atoms with Crippen LogP contribution in [0.5, 0.6) is 0 Å². The predicted octanol–water partition coefficient (Wildman–Crippen LogP) is 0.595. The van der Waals surface area contributed by atoms with E-state index in [4.69, 9.17) is 0 Å². The molecule has 2 amide bonds. The highest BCUT2D eigenvalue weighted by Crippen LogP contribution is 2.22. The van der Waals surface area contributed by atoms with Crippen LogP contribution in [-0.4, -0.2) is 104 Å². The van der Waals surface area contributed by atoms with Crippen molar-refractivity contribution in [3.05, 3.63) is 0 Å². The molecule has 8 nitrogen and oxygen atoms in total. The first kappa shape index (κ1) is 22.5. The number of nitrogens with zero attached hydrogens (tertiary/aromatic N) is 4. The standard InChI is InChI=1S/C20H36N4O4S/c1-2-29(27,28)24-11-7-18(8-12-24)20(26)23-15-13-21(14-16-23)17-19(25)22-9-5-3-4-6-10-22/h18H,2-17H2,1H3. The van der Waals surface area contributed by atoms with Gasteiger partial charge in [0, 0.05) is 58.3 Å². The summed E-state index contributed by atoms with van der Waals surface area (Å²) < 4.78 is 25.5. The quantitative estimate of drug-likeness (QED) is 0.640. The third-order valence-electron chi connectivity index (χ3n) is 6.56. The maximum atomic E-state index is 12.9. The Bertz CT molecular complexity index is 660. The second-order valence-corrected chi connectivity index (χ2v) is 10.7. The SMILES string of the molecule is CCS(=O)(=O)N1CCC(C(=O)N2CCN(CC(=O)N3CCCCCC3)CC2)CC1. The fourth-order valence-corrected chi connectivity index (χ4v) is 5.69. The summed E-state index contributed by atoms with van der Waals surface area (Å²) in [6, 6.07) is 0. The molecule has 0 radical (unpaired) electrons. The summed E-state index contributed by atoms with van der Waals surface area (Å²) >= 11 is 0. The van der Waals surface area contributed by atoms with Crippen LogP contribution in [0.3, 0.4) is 0 Å². The summed E-state index contributed by atoms with van der Waals surface area (Å²) in [5, 5.41) is 0. The van der Waals surface area contributed by atoms with Crippen molar-refractivity contribution in [3.8, 4) is 0 Å². The molecule has 3 saturated heterocycles. The monoisotopic (exact) mass is 428 g/mol. The Balaban J connectivity index is 1.41. The summed E-state index contributed by atoms with van der Waals surface area (Å²) in [6.45, 7) is 7.52. The van der Waals surface area contributed by atoms with E-state index in [1.54, 1.807) is 6.92 Å². The maximum absolute atomic E-state index is 12.9. The van der Waals surface area contributed by atoms with Gasteiger partial charge in [-0.25, -0.2) is 12.7 Å². The molecule has 0 N–H and O–H groups in total. The first-order valence-corrected chi connectivity index (χ1v) is 12.8. The van der Waals surface area contributed by atoms with Crippen molar-refractivity contribution >= 4 is 21.8 Å². The van der Waals surface area contributed by atoms with Crippen LogP contribution < -0.4 is 0 Å². The molecule has 3 heterocycles. The molecule has 0 unspecified atom stereocenters. The van der Waals surface area contributed by atoms with E-state index in [0.29, 0.717) is 45.6 Å². The van der Waals surface area contributed by atoms with Crippen molar-refractivity contribution in [1.82, 2.24) is 19.0 Å². The van der Waals surface area contributed by atoms with Crippen LogP contribution in [0.4, 0.5) is 0 Å². The molecule has 0 aromatic rings. The van der Waals surface area contributed by atoms with Gasteiger partial charge in [0.25, 0.3) is 0 Å². The van der Waals surface area contributed by atoms with E-state index in [9.17, 15) is 18.0 Å². The average Bonchev–Trinajstić information content (AvgIpc) is 3.03. The van der Waals surface area contributed by atoms with Crippen LogP contribution in [-0.2, 0) is 19.6 Å². The molecule has 9 heteroatoms. The topological polar surface area (TPSA) is 81.2 Å². The Hall–Kier alpha value is -1.19. The zero-order chi connectivity index (χ0) is 20.9. The zero-order valence-corrected chi connectivity index (χ0v) is 18.5. The lowest BCUT2D eigenvalue weighted by molar-refractivity contribution is -0.139. The summed E-state index contributed by atoms with van der Waals surface area (Å²) in [5.74, 6) is 0.404. The first-order valence-electron chi connectivity index (χ1n) is 11.2. The third-order valence-corrected chi connectivity index (χ3v) is 8.44. The summed E-state index contributed by atoms with van der Waals surface area (Å²) in [6.07, 6.45) is 5.85. The minimum absolute atomic E-state index is 0.0800. The minimum atomic E-state index is -3.16. The summed E-state index contributed by atoms with van der Waals surface area (Å²) in [5.41, 5.74) is 0. The van der Waals surface area contributed by atoms with Crippen LogP contribution in [0, 0.1) is 5.92 Å². The number of hydrogen-bond donors (Lipinski definition) is 0. The smallest absolute Gasteiger partial charge is 0.236 e. The Morgan fingerprint density at radius 2 is 1.38 bits per heavy atom. The molecule has 0 spiro atoms. The summed E-state index contributed by atoms with van der Waals surface area (Å²) in [7, 11) is -3.16. The Kier molecular flexibility index (Phi) is 7.92. The number of carbonyl (C=O) groups excluding carboxylic acids is 2. The van der Waals surface area contributed by atoms with E-state index < -0.39 is 10.0 Å². The fraction of sp³-hybridized carbons (Fsp3) is 0.900. The van der Waals surface area contributed by atoms with E-state index in [1.807, 2.05) is 9.80 Å².